The average Bonchev–Trinajstić information content (AvgIpc) is 3.64. The minimum Gasteiger partial charge on any atom is -0.455 e. The summed E-state index contributed by atoms with van der Waals surface area (Å²) < 4.78 is 8.89. The van der Waals surface area contributed by atoms with E-state index < -0.39 is 0 Å². The van der Waals surface area contributed by atoms with Gasteiger partial charge >= 0.3 is 0 Å². The van der Waals surface area contributed by atoms with E-state index in [1.165, 1.54) is 10.8 Å². The smallest absolute Gasteiger partial charge is 0.167 e. The largest absolute Gasteiger partial charge is 0.455 e. The predicted molar refractivity (Wildman–Crippen MR) is 178 cm³/mol. The summed E-state index contributed by atoms with van der Waals surface area (Å²) in [6, 6.07) is 49.8. The van der Waals surface area contributed by atoms with Crippen molar-refractivity contribution in [3.63, 3.8) is 0 Å². The van der Waals surface area contributed by atoms with Gasteiger partial charge in [0, 0.05) is 38.4 Å². The van der Waals surface area contributed by atoms with Crippen LogP contribution in [0.15, 0.2) is 150 Å². The molecule has 0 saturated carbocycles. The number of para-hydroxylation sites is 3. The van der Waals surface area contributed by atoms with Crippen LogP contribution < -0.4 is 0 Å². The molecule has 0 saturated heterocycles. The summed E-state index contributed by atoms with van der Waals surface area (Å²) in [4.78, 5) is 15.1. The van der Waals surface area contributed by atoms with E-state index in [4.69, 9.17) is 19.4 Å². The molecule has 0 N–H and O–H groups in total. The van der Waals surface area contributed by atoms with Crippen molar-refractivity contribution in [2.24, 2.45) is 0 Å². The lowest BCUT2D eigenvalue weighted by molar-refractivity contribution is 0.669. The fourth-order valence-electron chi connectivity index (χ4n) is 6.24. The second-order valence-electron chi connectivity index (χ2n) is 10.9. The fourth-order valence-corrected chi connectivity index (χ4v) is 6.24. The van der Waals surface area contributed by atoms with Crippen LogP contribution in [0.2, 0.25) is 0 Å². The normalized spacial score (nSPS) is 11.6. The van der Waals surface area contributed by atoms with Crippen molar-refractivity contribution in [1.82, 2.24) is 19.5 Å². The Morgan fingerprint density at radius 3 is 1.55 bits per heavy atom. The maximum Gasteiger partial charge on any atom is 0.167 e. The molecular weight excluding hydrogens is 540 g/mol. The minimum atomic E-state index is 0.560. The number of furan rings is 1. The molecule has 0 aliphatic rings. The van der Waals surface area contributed by atoms with Gasteiger partial charge in [0.2, 0.25) is 0 Å². The van der Waals surface area contributed by atoms with Crippen LogP contribution in [0, 0.1) is 0 Å². The molecule has 9 aromatic rings. The van der Waals surface area contributed by atoms with Crippen molar-refractivity contribution >= 4 is 43.7 Å². The molecule has 5 heteroatoms. The van der Waals surface area contributed by atoms with Gasteiger partial charge in [0.15, 0.2) is 17.5 Å². The maximum atomic E-state index is 6.57. The van der Waals surface area contributed by atoms with Crippen molar-refractivity contribution in [2.45, 2.75) is 0 Å². The van der Waals surface area contributed by atoms with E-state index in [-0.39, 0.29) is 0 Å². The number of fused-ring (bicyclic) bond motifs is 6. The van der Waals surface area contributed by atoms with Crippen molar-refractivity contribution in [2.75, 3.05) is 0 Å². The van der Waals surface area contributed by atoms with Crippen LogP contribution in [0.25, 0.3) is 83.6 Å². The van der Waals surface area contributed by atoms with Gasteiger partial charge in [0.1, 0.15) is 11.2 Å². The molecule has 3 aromatic heterocycles. The highest BCUT2D eigenvalue weighted by Gasteiger charge is 2.21. The molecule has 6 aromatic carbocycles. The second-order valence-corrected chi connectivity index (χ2v) is 10.9. The van der Waals surface area contributed by atoms with Gasteiger partial charge < -0.3 is 8.98 Å². The molecule has 0 bridgehead atoms. The summed E-state index contributed by atoms with van der Waals surface area (Å²) in [5.41, 5.74) is 7.52. The molecule has 0 amide bonds. The molecule has 9 rings (SSSR count). The van der Waals surface area contributed by atoms with Gasteiger partial charge in [-0.1, -0.05) is 115 Å². The SMILES string of the molecule is c1ccc(-c2nc(-c3ccccc3)nc(-c3cc(-n4c5ccccc5c5ccccc54)cc4c3oc3ccccc34)n2)cc1. The Bertz CT molecular complexity index is 2380. The Morgan fingerprint density at radius 1 is 0.432 bits per heavy atom. The number of rotatable bonds is 4. The molecule has 0 radical (unpaired) electrons. The van der Waals surface area contributed by atoms with E-state index in [0.717, 1.165) is 55.3 Å². The van der Waals surface area contributed by atoms with Gasteiger partial charge in [-0.15, -0.1) is 0 Å². The van der Waals surface area contributed by atoms with Gasteiger partial charge in [-0.3, -0.25) is 0 Å². The first-order valence-corrected chi connectivity index (χ1v) is 14.6. The summed E-state index contributed by atoms with van der Waals surface area (Å²) in [7, 11) is 0. The summed E-state index contributed by atoms with van der Waals surface area (Å²) in [6.07, 6.45) is 0. The van der Waals surface area contributed by atoms with Gasteiger partial charge in [-0.05, 0) is 30.3 Å². The molecule has 5 nitrogen and oxygen atoms in total. The molecule has 0 unspecified atom stereocenters. The van der Waals surface area contributed by atoms with Crippen molar-refractivity contribution < 1.29 is 4.42 Å². The van der Waals surface area contributed by atoms with Crippen LogP contribution in [-0.2, 0) is 0 Å². The zero-order chi connectivity index (χ0) is 29.0. The standard InChI is InChI=1S/C39H24N4O/c1-3-13-25(14-4-1)37-40-38(26-15-5-2-6-16-26)42-39(41-37)32-24-27(23-31-30-19-9-12-22-35(30)44-36(31)32)43-33-20-10-7-17-28(33)29-18-8-11-21-34(29)43/h1-24H. The first-order chi connectivity index (χ1) is 21.8. The quantitative estimate of drug-likeness (QED) is 0.213. The third-order valence-corrected chi connectivity index (χ3v) is 8.24. The molecule has 206 valence electrons. The lowest BCUT2D eigenvalue weighted by Gasteiger charge is -2.12. The molecule has 0 atom stereocenters. The lowest BCUT2D eigenvalue weighted by atomic mass is 10.1. The van der Waals surface area contributed by atoms with Crippen LogP contribution in [-0.4, -0.2) is 19.5 Å². The highest BCUT2D eigenvalue weighted by atomic mass is 16.3. The van der Waals surface area contributed by atoms with Gasteiger partial charge in [0.25, 0.3) is 0 Å². The second kappa shape index (κ2) is 9.75. The van der Waals surface area contributed by atoms with E-state index in [1.807, 2.05) is 78.9 Å². The molecule has 0 spiro atoms. The van der Waals surface area contributed by atoms with E-state index >= 15 is 0 Å². The van der Waals surface area contributed by atoms with Crippen molar-refractivity contribution in [3.8, 4) is 39.9 Å². The molecule has 0 fully saturated rings. The number of benzene rings is 6. The minimum absolute atomic E-state index is 0.560. The van der Waals surface area contributed by atoms with Crippen LogP contribution in [0.5, 0.6) is 0 Å². The monoisotopic (exact) mass is 564 g/mol. The van der Waals surface area contributed by atoms with Crippen LogP contribution in [0.1, 0.15) is 0 Å². The Kier molecular flexibility index (Phi) is 5.43. The summed E-state index contributed by atoms with van der Waals surface area (Å²) in [5.74, 6) is 1.78. The zero-order valence-corrected chi connectivity index (χ0v) is 23.6. The Balaban J connectivity index is 1.40. The van der Waals surface area contributed by atoms with E-state index in [2.05, 4.69) is 71.3 Å². The van der Waals surface area contributed by atoms with E-state index in [9.17, 15) is 0 Å². The third-order valence-electron chi connectivity index (χ3n) is 8.24. The fraction of sp³-hybridized carbons (Fsp3) is 0. The maximum absolute atomic E-state index is 6.57. The highest BCUT2D eigenvalue weighted by Crippen LogP contribution is 2.40. The molecule has 0 aliphatic heterocycles. The Labute approximate surface area is 252 Å². The summed E-state index contributed by atoms with van der Waals surface area (Å²) in [5, 5.41) is 4.48. The first kappa shape index (κ1) is 24.5. The third kappa shape index (κ3) is 3.83. The number of aromatic nitrogens is 4. The molecular formula is C39H24N4O. The molecule has 3 heterocycles. The van der Waals surface area contributed by atoms with Gasteiger partial charge in [-0.2, -0.15) is 0 Å². The average molecular weight is 565 g/mol. The number of hydrogen-bond acceptors (Lipinski definition) is 4. The Morgan fingerprint density at radius 2 is 0.932 bits per heavy atom. The van der Waals surface area contributed by atoms with E-state index in [1.54, 1.807) is 0 Å². The Hall–Kier alpha value is -6.07. The molecule has 44 heavy (non-hydrogen) atoms. The number of nitrogens with zero attached hydrogens (tertiary/aromatic N) is 4. The van der Waals surface area contributed by atoms with Crippen LogP contribution >= 0.6 is 0 Å². The topological polar surface area (TPSA) is 56.7 Å². The van der Waals surface area contributed by atoms with Gasteiger partial charge in [-0.25, -0.2) is 15.0 Å². The molecule has 0 aliphatic carbocycles. The van der Waals surface area contributed by atoms with Crippen molar-refractivity contribution in [1.29, 1.82) is 0 Å². The highest BCUT2D eigenvalue weighted by molar-refractivity contribution is 6.12. The van der Waals surface area contributed by atoms with E-state index in [0.29, 0.717) is 17.5 Å². The predicted octanol–water partition coefficient (Wildman–Crippen LogP) is 9.87. The summed E-state index contributed by atoms with van der Waals surface area (Å²) in [6.45, 7) is 0. The number of hydrogen-bond donors (Lipinski definition) is 0. The van der Waals surface area contributed by atoms with Crippen LogP contribution in [0.4, 0.5) is 0 Å². The zero-order valence-electron chi connectivity index (χ0n) is 23.6. The lowest BCUT2D eigenvalue weighted by Crippen LogP contribution is -2.01. The van der Waals surface area contributed by atoms with Gasteiger partial charge in [0.05, 0.1) is 16.6 Å². The van der Waals surface area contributed by atoms with Crippen LogP contribution in [0.3, 0.4) is 0 Å². The van der Waals surface area contributed by atoms with Crippen molar-refractivity contribution in [3.05, 3.63) is 146 Å². The summed E-state index contributed by atoms with van der Waals surface area (Å²) >= 11 is 0. The first-order valence-electron chi connectivity index (χ1n) is 14.6.